The number of ether oxygens (including phenoxy) is 6. The Morgan fingerprint density at radius 3 is 2.06 bits per heavy atom. The molecular weight excluding hydrogens is 1230 g/mol. The van der Waals surface area contributed by atoms with E-state index in [1.165, 1.54) is 62.9 Å². The van der Waals surface area contributed by atoms with Gasteiger partial charge in [0.15, 0.2) is 11.4 Å². The number of phenols is 2. The standard InChI is InChI=1S/C69H84N6O20/c1-36(2)43-29-44(46(78)30-45(43)77)59(70)75(63(71)87)42-23-21-39(22-24-42)34-73-25-27-74(28-26-73)60(84)47(79)31-51(81)92-55(53(40-17-13-11-14-18-40)72-64(88)95-65(5,6)7)62(86)91-48-33-69(89)58(93-61(85)41-19-15-12-16-20-41)56-67(10,57(83)54(82)52(37(48)3)66(69,8)9)49(80)32-50-68(56,35-90-50)94-38(4)76/h11-24,29-30,36,47-50,53-56,58,70,77-80,82,89H,25-28,31-35H2,1-10H3,(H2,71,87)(H,72,88)/t47-,48+,49+,50-,53+,54-,55-,56?,58+,67-,68+,69-/m1/s1. The number of primary amides is 1. The number of Topliss-reactive ketones (excluding diaryl/α,β-unsaturated/α-hetero) is 1. The highest BCUT2D eigenvalue weighted by molar-refractivity contribution is 6.22. The molecule has 12 atom stereocenters. The van der Waals surface area contributed by atoms with Crippen LogP contribution in [0.25, 0.3) is 0 Å². The molecule has 2 bridgehead atoms. The fourth-order valence-electron chi connectivity index (χ4n) is 14.2. The number of carbonyl (C=O) groups is 8. The Morgan fingerprint density at radius 1 is 0.874 bits per heavy atom. The average molecular weight is 1320 g/mol. The number of nitrogens with one attached hydrogen (secondary N) is 2. The van der Waals surface area contributed by atoms with Crippen LogP contribution in [0.3, 0.4) is 0 Å². The van der Waals surface area contributed by atoms with Crippen molar-refractivity contribution in [1.82, 2.24) is 15.1 Å². The first kappa shape index (κ1) is 70.5. The molecule has 10 N–H and O–H groups in total. The zero-order valence-electron chi connectivity index (χ0n) is 54.7. The molecule has 2 aliphatic heterocycles. The van der Waals surface area contributed by atoms with E-state index < -0.39 is 154 Å². The van der Waals surface area contributed by atoms with Crippen LogP contribution in [-0.2, 0) is 58.9 Å². The third-order valence-corrected chi connectivity index (χ3v) is 19.2. The second-order valence-electron chi connectivity index (χ2n) is 27.1. The summed E-state index contributed by atoms with van der Waals surface area (Å²) in [6, 6.07) is 21.9. The van der Waals surface area contributed by atoms with E-state index in [4.69, 9.17) is 39.6 Å². The van der Waals surface area contributed by atoms with Gasteiger partial charge in [-0.15, -0.1) is 0 Å². The number of nitrogens with zero attached hydrogens (tertiary/aromatic N) is 3. The maximum atomic E-state index is 15.4. The first-order chi connectivity index (χ1) is 44.5. The van der Waals surface area contributed by atoms with Gasteiger partial charge in [0.05, 0.1) is 47.3 Å². The van der Waals surface area contributed by atoms with E-state index in [9.17, 15) is 59.4 Å². The van der Waals surface area contributed by atoms with Crippen LogP contribution >= 0.6 is 0 Å². The molecule has 9 rings (SSSR count). The summed E-state index contributed by atoms with van der Waals surface area (Å²) in [5, 5.41) is 82.6. The van der Waals surface area contributed by atoms with Gasteiger partial charge in [0.1, 0.15) is 65.1 Å². The van der Waals surface area contributed by atoms with E-state index in [2.05, 4.69) is 5.32 Å². The minimum Gasteiger partial charge on any atom is -0.508 e. The zero-order chi connectivity index (χ0) is 69.6. The molecule has 0 aromatic heterocycles. The average Bonchev–Trinajstić information content (AvgIpc) is 0.671. The smallest absolute Gasteiger partial charge is 0.408 e. The molecule has 4 amide bonds. The van der Waals surface area contributed by atoms with E-state index in [1.54, 1.807) is 81.4 Å². The van der Waals surface area contributed by atoms with Gasteiger partial charge in [0.2, 0.25) is 6.10 Å². The molecule has 5 aliphatic rings. The first-order valence-electron chi connectivity index (χ1n) is 31.4. The van der Waals surface area contributed by atoms with Gasteiger partial charge in [0, 0.05) is 64.0 Å². The van der Waals surface area contributed by atoms with Crippen LogP contribution in [0, 0.1) is 22.2 Å². The van der Waals surface area contributed by atoms with Crippen molar-refractivity contribution in [1.29, 1.82) is 5.41 Å². The van der Waals surface area contributed by atoms with Crippen LogP contribution < -0.4 is 16.0 Å². The lowest BCUT2D eigenvalue weighted by Crippen LogP contribution is -2.81. The molecule has 4 fully saturated rings. The van der Waals surface area contributed by atoms with Crippen LogP contribution in [0.2, 0.25) is 0 Å². The lowest BCUT2D eigenvalue weighted by Gasteiger charge is -2.67. The van der Waals surface area contributed by atoms with Crippen molar-refractivity contribution >= 4 is 59.2 Å². The van der Waals surface area contributed by atoms with Crippen molar-refractivity contribution in [2.45, 2.75) is 167 Å². The van der Waals surface area contributed by atoms with Crippen molar-refractivity contribution < 1.29 is 97.4 Å². The predicted octanol–water partition coefficient (Wildman–Crippen LogP) is 5.35. The Morgan fingerprint density at radius 2 is 1.49 bits per heavy atom. The molecule has 0 radical (unpaired) electrons. The number of aliphatic hydroxyl groups excluding tert-OH is 3. The number of alkyl carbamates (subject to hydrolysis) is 1. The molecule has 2 heterocycles. The summed E-state index contributed by atoms with van der Waals surface area (Å²) in [6.07, 6.45) is -15.8. The normalized spacial score (nSPS) is 26.5. The van der Waals surface area contributed by atoms with Crippen molar-refractivity contribution in [3.63, 3.8) is 0 Å². The quantitative estimate of drug-likeness (QED) is 0.0211. The maximum absolute atomic E-state index is 15.4. The monoisotopic (exact) mass is 1320 g/mol. The number of urea groups is 1. The highest BCUT2D eigenvalue weighted by atomic mass is 16.6. The lowest BCUT2D eigenvalue weighted by atomic mass is 9.44. The Hall–Kier alpha value is -8.79. The lowest BCUT2D eigenvalue weighted by molar-refractivity contribution is -0.346. The molecule has 3 aliphatic carbocycles. The van der Waals surface area contributed by atoms with Crippen LogP contribution in [0.1, 0.15) is 133 Å². The van der Waals surface area contributed by atoms with Crippen LogP contribution in [-0.4, -0.2) is 186 Å². The second-order valence-corrected chi connectivity index (χ2v) is 27.1. The van der Waals surface area contributed by atoms with E-state index in [0.29, 0.717) is 25.2 Å². The van der Waals surface area contributed by atoms with E-state index in [1.807, 2.05) is 18.7 Å². The summed E-state index contributed by atoms with van der Waals surface area (Å²) in [4.78, 5) is 118. The fraction of sp³-hybridized carbons (Fsp3) is 0.493. The number of piperazine rings is 1. The van der Waals surface area contributed by atoms with Gasteiger partial charge in [-0.2, -0.15) is 0 Å². The summed E-state index contributed by atoms with van der Waals surface area (Å²) < 4.78 is 36.3. The molecule has 4 aromatic carbocycles. The van der Waals surface area contributed by atoms with Crippen molar-refractivity contribution in [2.75, 3.05) is 37.7 Å². The number of fused-ring (bicyclic) bond motifs is 5. The molecule has 26 nitrogen and oxygen atoms in total. The number of rotatable bonds is 17. The number of carbonyl (C=O) groups excluding carboxylic acids is 8. The molecule has 0 spiro atoms. The summed E-state index contributed by atoms with van der Waals surface area (Å²) in [6.45, 7) is 16.1. The minimum atomic E-state index is -2.54. The number of amidine groups is 1. The second kappa shape index (κ2) is 27.1. The van der Waals surface area contributed by atoms with Gasteiger partial charge in [0.25, 0.3) is 5.91 Å². The van der Waals surface area contributed by atoms with Crippen molar-refractivity contribution in [3.05, 3.63) is 136 Å². The van der Waals surface area contributed by atoms with Gasteiger partial charge in [-0.1, -0.05) is 88.4 Å². The van der Waals surface area contributed by atoms with Gasteiger partial charge >= 0.3 is 36.0 Å². The Labute approximate surface area is 549 Å². The largest absolute Gasteiger partial charge is 0.508 e. The molecule has 4 aromatic rings. The van der Waals surface area contributed by atoms with Crippen LogP contribution in [0.5, 0.6) is 11.5 Å². The van der Waals surface area contributed by atoms with Crippen LogP contribution in [0.4, 0.5) is 15.3 Å². The molecule has 2 saturated carbocycles. The number of aromatic hydroxyl groups is 2. The number of anilines is 1. The number of nitrogens with two attached hydrogens (primary N) is 1. The van der Waals surface area contributed by atoms with Gasteiger partial charge in [-0.3, -0.25) is 29.5 Å². The Kier molecular flexibility index (Phi) is 20.1. The van der Waals surface area contributed by atoms with E-state index in [0.717, 1.165) is 23.5 Å². The third kappa shape index (κ3) is 13.7. The number of aliphatic hydroxyl groups is 4. The molecule has 2 saturated heterocycles. The first-order valence-corrected chi connectivity index (χ1v) is 31.4. The number of amides is 4. The topological polar surface area (TPSA) is 385 Å². The number of benzene rings is 4. The number of hydrogen-bond acceptors (Lipinski definition) is 22. The van der Waals surface area contributed by atoms with Crippen LogP contribution in [0.15, 0.2) is 108 Å². The third-order valence-electron chi connectivity index (χ3n) is 19.2. The highest BCUT2D eigenvalue weighted by Gasteiger charge is 2.78. The van der Waals surface area contributed by atoms with Gasteiger partial charge in [-0.25, -0.2) is 24.1 Å². The summed E-state index contributed by atoms with van der Waals surface area (Å²) in [5.41, 5.74) is -2.26. The number of hydrogen-bond donors (Lipinski definition) is 9. The van der Waals surface area contributed by atoms with Crippen molar-refractivity contribution in [2.24, 2.45) is 22.5 Å². The zero-order valence-corrected chi connectivity index (χ0v) is 54.7. The van der Waals surface area contributed by atoms with E-state index >= 15 is 9.59 Å². The molecule has 1 unspecified atom stereocenters. The number of phenolic OH excluding ortho intramolecular Hbond substituents is 2. The maximum Gasteiger partial charge on any atom is 0.408 e. The number of ketones is 1. The molecular formula is C69H84N6O20. The Bertz CT molecular complexity index is 3660. The summed E-state index contributed by atoms with van der Waals surface area (Å²) >= 11 is 0. The molecule has 26 heteroatoms. The van der Waals surface area contributed by atoms with E-state index in [-0.39, 0.29) is 71.3 Å². The highest BCUT2D eigenvalue weighted by Crippen LogP contribution is 2.64. The molecule has 510 valence electrons. The SMILES string of the molecule is CC(=O)O[C@@]12CO[C@@H]1C[C@H](O)[C@@]1(C)C(=O)[C@H](O)C3=C(C)[C@@H](OC(=O)[C@H](OC(=O)C[C@@H](O)C(=O)N4CCN(Cc5ccc(N(C(=N)c6cc(C(C)C)c(O)cc6O)C(N)=O)cc5)CC4)[C@@H](NC(=O)OC(C)(C)C)c4ccccc4)C[C@@](O)([C@@H](OC(=O)c4ccccc4)C12)C3(C)C. The van der Waals surface area contributed by atoms with Gasteiger partial charge in [-0.05, 0) is 98.7 Å². The molecule has 95 heavy (non-hydrogen) atoms. The summed E-state index contributed by atoms with van der Waals surface area (Å²) in [5.74, 6) is -9.24. The summed E-state index contributed by atoms with van der Waals surface area (Å²) in [7, 11) is 0. The number of esters is 4. The van der Waals surface area contributed by atoms with Gasteiger partial charge < -0.3 is 75.0 Å². The Balaban J connectivity index is 0.972. The predicted molar refractivity (Wildman–Crippen MR) is 339 cm³/mol. The fourth-order valence-corrected chi connectivity index (χ4v) is 14.2. The van der Waals surface area contributed by atoms with Crippen molar-refractivity contribution in [3.8, 4) is 11.5 Å². The minimum absolute atomic E-state index is 0.00322.